The van der Waals surface area contributed by atoms with Crippen LogP contribution in [0.3, 0.4) is 0 Å². The van der Waals surface area contributed by atoms with Crippen LogP contribution >= 0.6 is 0 Å². The fraction of sp³-hybridized carbons (Fsp3) is 0. The predicted molar refractivity (Wildman–Crippen MR) is 90.8 cm³/mol. The van der Waals surface area contributed by atoms with E-state index in [0.29, 0.717) is 22.9 Å². The first kappa shape index (κ1) is 13.9. The highest BCUT2D eigenvalue weighted by Crippen LogP contribution is 2.24. The molecule has 0 aliphatic heterocycles. The molecule has 6 heteroatoms. The number of nitriles is 1. The van der Waals surface area contributed by atoms with Crippen LogP contribution in [0.15, 0.2) is 61.2 Å². The lowest BCUT2D eigenvalue weighted by Crippen LogP contribution is -1.95. The Morgan fingerprint density at radius 3 is 2.79 bits per heavy atom. The van der Waals surface area contributed by atoms with Crippen molar-refractivity contribution in [1.29, 1.82) is 5.26 Å². The first-order valence-electron chi connectivity index (χ1n) is 7.30. The van der Waals surface area contributed by atoms with E-state index in [9.17, 15) is 0 Å². The lowest BCUT2D eigenvalue weighted by Gasteiger charge is -2.06. The van der Waals surface area contributed by atoms with Crippen LogP contribution in [-0.4, -0.2) is 19.4 Å². The van der Waals surface area contributed by atoms with Gasteiger partial charge in [-0.2, -0.15) is 5.26 Å². The predicted octanol–water partition coefficient (Wildman–Crippen LogP) is 2.91. The van der Waals surface area contributed by atoms with Gasteiger partial charge in [-0.05, 0) is 24.3 Å². The summed E-state index contributed by atoms with van der Waals surface area (Å²) in [4.78, 5) is 12.9. The molecule has 0 bridgehead atoms. The van der Waals surface area contributed by atoms with E-state index in [1.165, 1.54) is 0 Å². The van der Waals surface area contributed by atoms with E-state index in [1.807, 2.05) is 34.9 Å². The smallest absolute Gasteiger partial charge is 0.163 e. The molecule has 4 rings (SSSR count). The second kappa shape index (κ2) is 5.48. The highest BCUT2D eigenvalue weighted by molar-refractivity contribution is 5.69. The Bertz CT molecular complexity index is 1090. The minimum atomic E-state index is 0.362. The molecule has 0 aliphatic rings. The van der Waals surface area contributed by atoms with Gasteiger partial charge in [0, 0.05) is 29.7 Å². The molecule has 0 aromatic carbocycles. The molecule has 4 aromatic rings. The maximum atomic E-state index is 9.03. The summed E-state index contributed by atoms with van der Waals surface area (Å²) in [6.45, 7) is 0. The minimum absolute atomic E-state index is 0.362. The highest BCUT2D eigenvalue weighted by Gasteiger charge is 2.10. The van der Waals surface area contributed by atoms with Crippen molar-refractivity contribution in [2.45, 2.75) is 0 Å². The summed E-state index contributed by atoms with van der Waals surface area (Å²) in [5, 5.41) is 9.03. The maximum Gasteiger partial charge on any atom is 0.163 e. The lowest BCUT2D eigenvalue weighted by atomic mass is 10.1. The van der Waals surface area contributed by atoms with Crippen LogP contribution in [0.2, 0.25) is 0 Å². The number of hydrogen-bond acceptors (Lipinski definition) is 5. The Morgan fingerprint density at radius 2 is 1.96 bits per heavy atom. The van der Waals surface area contributed by atoms with Crippen molar-refractivity contribution in [3.05, 3.63) is 66.9 Å². The number of hydrogen-bond donors (Lipinski definition) is 1. The zero-order chi connectivity index (χ0) is 16.5. The number of fused-ring (bicyclic) bond motifs is 1. The molecule has 4 heterocycles. The van der Waals surface area contributed by atoms with Crippen LogP contribution in [0.25, 0.3) is 28.2 Å². The van der Waals surface area contributed by atoms with Gasteiger partial charge in [0.2, 0.25) is 0 Å². The summed E-state index contributed by atoms with van der Waals surface area (Å²) in [7, 11) is 0. The fourth-order valence-corrected chi connectivity index (χ4v) is 2.59. The van der Waals surface area contributed by atoms with E-state index in [-0.39, 0.29) is 0 Å². The van der Waals surface area contributed by atoms with E-state index in [4.69, 9.17) is 11.0 Å². The third-order valence-corrected chi connectivity index (χ3v) is 3.71. The fourth-order valence-electron chi connectivity index (χ4n) is 2.59. The molecule has 0 saturated heterocycles. The molecule has 0 atom stereocenters. The van der Waals surface area contributed by atoms with E-state index in [0.717, 1.165) is 16.6 Å². The lowest BCUT2D eigenvalue weighted by molar-refractivity contribution is 1.12. The molecule has 114 valence electrons. The van der Waals surface area contributed by atoms with Crippen LogP contribution in [0.1, 0.15) is 5.69 Å². The van der Waals surface area contributed by atoms with Crippen LogP contribution in [0.4, 0.5) is 5.69 Å². The summed E-state index contributed by atoms with van der Waals surface area (Å²) in [5.74, 6) is 0.681. The number of rotatable bonds is 2. The Hall–Kier alpha value is -3.72. The first-order chi connectivity index (χ1) is 11.7. The summed E-state index contributed by atoms with van der Waals surface area (Å²) >= 11 is 0. The van der Waals surface area contributed by atoms with Crippen LogP contribution < -0.4 is 5.73 Å². The Balaban J connectivity index is 1.89. The van der Waals surface area contributed by atoms with Crippen LogP contribution in [0.5, 0.6) is 0 Å². The number of nitrogen functional groups attached to an aromatic ring is 1. The normalized spacial score (nSPS) is 10.6. The van der Waals surface area contributed by atoms with Gasteiger partial charge >= 0.3 is 0 Å². The summed E-state index contributed by atoms with van der Waals surface area (Å²) < 4.78 is 1.95. The Kier molecular flexibility index (Phi) is 3.18. The van der Waals surface area contributed by atoms with Crippen molar-refractivity contribution >= 4 is 11.2 Å². The van der Waals surface area contributed by atoms with Gasteiger partial charge in [0.1, 0.15) is 17.5 Å². The van der Waals surface area contributed by atoms with Gasteiger partial charge in [-0.15, -0.1) is 0 Å². The SMILES string of the molecule is N#Cc1cccc(-c2ncc3ccc(-c4cncc(N)c4)cn23)n1. The average Bonchev–Trinajstić information content (AvgIpc) is 3.05. The van der Waals surface area contributed by atoms with Gasteiger partial charge in [0.05, 0.1) is 17.4 Å². The zero-order valence-corrected chi connectivity index (χ0v) is 12.6. The number of aromatic nitrogens is 4. The van der Waals surface area contributed by atoms with Gasteiger partial charge in [0.25, 0.3) is 0 Å². The van der Waals surface area contributed by atoms with Gasteiger partial charge in [-0.25, -0.2) is 9.97 Å². The molecule has 0 fully saturated rings. The van der Waals surface area contributed by atoms with Crippen molar-refractivity contribution in [2.24, 2.45) is 0 Å². The number of nitrogens with two attached hydrogens (primary N) is 1. The van der Waals surface area contributed by atoms with Crippen LogP contribution in [-0.2, 0) is 0 Å². The molecule has 0 spiro atoms. The molecule has 0 amide bonds. The van der Waals surface area contributed by atoms with Crippen molar-refractivity contribution < 1.29 is 0 Å². The third kappa shape index (κ3) is 2.34. The molecule has 24 heavy (non-hydrogen) atoms. The van der Waals surface area contributed by atoms with Gasteiger partial charge < -0.3 is 5.73 Å². The highest BCUT2D eigenvalue weighted by atomic mass is 15.0. The second-order valence-corrected chi connectivity index (χ2v) is 5.32. The molecule has 0 saturated carbocycles. The van der Waals surface area contributed by atoms with E-state index in [2.05, 4.69) is 21.0 Å². The molecule has 4 aromatic heterocycles. The average molecular weight is 312 g/mol. The molecular formula is C18H12N6. The Labute approximate surface area is 137 Å². The van der Waals surface area contributed by atoms with Gasteiger partial charge in [-0.3, -0.25) is 9.38 Å². The van der Waals surface area contributed by atoms with E-state index in [1.54, 1.807) is 30.7 Å². The Morgan fingerprint density at radius 1 is 1.04 bits per heavy atom. The first-order valence-corrected chi connectivity index (χ1v) is 7.30. The summed E-state index contributed by atoms with van der Waals surface area (Å²) in [6.07, 6.45) is 7.12. The van der Waals surface area contributed by atoms with E-state index >= 15 is 0 Å². The molecular weight excluding hydrogens is 300 g/mol. The van der Waals surface area contributed by atoms with Crippen LogP contribution in [0, 0.1) is 11.3 Å². The van der Waals surface area contributed by atoms with Crippen molar-refractivity contribution in [3.8, 4) is 28.7 Å². The summed E-state index contributed by atoms with van der Waals surface area (Å²) in [5.41, 5.74) is 10.3. The topological polar surface area (TPSA) is 92.9 Å². The minimum Gasteiger partial charge on any atom is -0.397 e. The largest absolute Gasteiger partial charge is 0.397 e. The van der Waals surface area contributed by atoms with Crippen molar-refractivity contribution in [3.63, 3.8) is 0 Å². The third-order valence-electron chi connectivity index (χ3n) is 3.71. The quantitative estimate of drug-likeness (QED) is 0.614. The second-order valence-electron chi connectivity index (χ2n) is 5.32. The van der Waals surface area contributed by atoms with E-state index < -0.39 is 0 Å². The number of anilines is 1. The van der Waals surface area contributed by atoms with Crippen molar-refractivity contribution in [2.75, 3.05) is 5.73 Å². The van der Waals surface area contributed by atoms with Gasteiger partial charge in [0.15, 0.2) is 5.82 Å². The number of pyridine rings is 3. The van der Waals surface area contributed by atoms with Crippen molar-refractivity contribution in [1.82, 2.24) is 19.4 Å². The zero-order valence-electron chi connectivity index (χ0n) is 12.6. The number of imidazole rings is 1. The molecule has 0 aliphatic carbocycles. The molecule has 0 unspecified atom stereocenters. The molecule has 0 radical (unpaired) electrons. The standard InChI is InChI=1S/C18H12N6/c19-7-15-2-1-3-17(23-15)18-22-10-16-5-4-12(11-24(16)18)13-6-14(20)9-21-8-13/h1-6,8-11H,20H2. The molecule has 2 N–H and O–H groups in total. The monoisotopic (exact) mass is 312 g/mol. The summed E-state index contributed by atoms with van der Waals surface area (Å²) in [6, 6.07) is 13.2. The molecule has 6 nitrogen and oxygen atoms in total. The maximum absolute atomic E-state index is 9.03. The number of nitrogens with zero attached hydrogens (tertiary/aromatic N) is 5. The van der Waals surface area contributed by atoms with Gasteiger partial charge in [-0.1, -0.05) is 12.1 Å².